The smallest absolute Gasteiger partial charge is 0.378 e. The number of hydrogen-bond acceptors (Lipinski definition) is 5. The van der Waals surface area contributed by atoms with Crippen LogP contribution in [-0.2, 0) is 23.1 Å². The van der Waals surface area contributed by atoms with Crippen LogP contribution in [0.15, 0.2) is 0 Å². The van der Waals surface area contributed by atoms with Gasteiger partial charge in [0.25, 0.3) is 0 Å². The molecule has 0 aliphatic heterocycles. The van der Waals surface area contributed by atoms with Gasteiger partial charge in [0, 0.05) is 24.0 Å². The van der Waals surface area contributed by atoms with E-state index < -0.39 is 20.0 Å². The minimum Gasteiger partial charge on any atom is -0.378 e. The minimum absolute atomic E-state index is 0.253. The fraction of sp³-hybridized carbons (Fsp3) is 1.00. The molecule has 0 saturated heterocycles. The van der Waals surface area contributed by atoms with Crippen molar-refractivity contribution in [3.05, 3.63) is 0 Å². The first-order valence-electron chi connectivity index (χ1n) is 10.9. The van der Waals surface area contributed by atoms with Crippen molar-refractivity contribution in [2.75, 3.05) is 26.4 Å². The van der Waals surface area contributed by atoms with Gasteiger partial charge in [0.15, 0.2) is 0 Å². The van der Waals surface area contributed by atoms with Gasteiger partial charge in [-0.1, -0.05) is 0 Å². The van der Waals surface area contributed by atoms with Crippen LogP contribution in [0.5, 0.6) is 0 Å². The van der Waals surface area contributed by atoms with Crippen molar-refractivity contribution in [3.8, 4) is 0 Å². The molecule has 9 heteroatoms. The Balaban J connectivity index is 1.55. The lowest BCUT2D eigenvalue weighted by molar-refractivity contribution is -0.00726. The normalized spacial score (nSPS) is 32.4. The van der Waals surface area contributed by atoms with E-state index in [9.17, 15) is 9.46 Å². The largest absolute Gasteiger partial charge is 0.472 e. The maximum atomic E-state index is 12.2. The van der Waals surface area contributed by atoms with Crippen molar-refractivity contribution in [2.24, 2.45) is 11.8 Å². The number of phosphoric ester groups is 1. The van der Waals surface area contributed by atoms with E-state index in [-0.39, 0.29) is 24.0 Å². The summed E-state index contributed by atoms with van der Waals surface area (Å²) in [6.07, 6.45) is 7.29. The van der Waals surface area contributed by atoms with Crippen molar-refractivity contribution in [1.82, 2.24) is 0 Å². The molecule has 2 fully saturated rings. The summed E-state index contributed by atoms with van der Waals surface area (Å²) in [7, 11) is -4.16. The lowest BCUT2D eigenvalue weighted by atomic mass is 9.90. The van der Waals surface area contributed by atoms with Gasteiger partial charge in [-0.15, -0.1) is 23.2 Å². The highest BCUT2D eigenvalue weighted by molar-refractivity contribution is 7.47. The van der Waals surface area contributed by atoms with Crippen LogP contribution in [-0.4, -0.2) is 54.3 Å². The first-order chi connectivity index (χ1) is 13.7. The molecule has 0 radical (unpaired) electrons. The van der Waals surface area contributed by atoms with Gasteiger partial charge >= 0.3 is 7.82 Å². The predicted octanol–water partition coefficient (Wildman–Crippen LogP) is 5.53. The highest BCUT2D eigenvalue weighted by atomic mass is 35.5. The molecule has 2 rings (SSSR count). The second-order valence-electron chi connectivity index (χ2n) is 8.61. The monoisotopic (exact) mass is 474 g/mol. The fourth-order valence-electron chi connectivity index (χ4n) is 3.92. The molecule has 6 nitrogen and oxygen atoms in total. The summed E-state index contributed by atoms with van der Waals surface area (Å²) in [5, 5.41) is 0.579. The molecule has 2 unspecified atom stereocenters. The van der Waals surface area contributed by atoms with Crippen LogP contribution >= 0.6 is 31.0 Å². The average Bonchev–Trinajstić information content (AvgIpc) is 2.64. The molecule has 0 heterocycles. The fourth-order valence-corrected chi connectivity index (χ4v) is 5.50. The number of ether oxygens (including phenoxy) is 2. The van der Waals surface area contributed by atoms with Crippen LogP contribution < -0.4 is 0 Å². The quantitative estimate of drug-likeness (QED) is 0.296. The molecule has 1 N–H and O–H groups in total. The highest BCUT2D eigenvalue weighted by Crippen LogP contribution is 2.46. The molecule has 29 heavy (non-hydrogen) atoms. The third kappa shape index (κ3) is 11.2. The van der Waals surface area contributed by atoms with Gasteiger partial charge in [-0.2, -0.15) is 0 Å². The predicted molar refractivity (Wildman–Crippen MR) is 116 cm³/mol. The summed E-state index contributed by atoms with van der Waals surface area (Å²) in [4.78, 5) is 9.98. The number of rotatable bonds is 12. The lowest BCUT2D eigenvalue weighted by Gasteiger charge is -2.26. The first-order valence-corrected chi connectivity index (χ1v) is 13.2. The van der Waals surface area contributed by atoms with Crippen molar-refractivity contribution < 1.29 is 28.0 Å². The van der Waals surface area contributed by atoms with Crippen LogP contribution in [0.2, 0.25) is 0 Å². The van der Waals surface area contributed by atoms with Crippen LogP contribution in [0, 0.1) is 11.8 Å². The molecule has 2 aliphatic rings. The summed E-state index contributed by atoms with van der Waals surface area (Å²) in [5.74, 6) is 1.01. The second-order valence-corrected chi connectivity index (χ2v) is 11.2. The van der Waals surface area contributed by atoms with Crippen molar-refractivity contribution in [2.45, 2.75) is 88.2 Å². The van der Waals surface area contributed by atoms with Crippen LogP contribution in [0.4, 0.5) is 0 Å². The molecule has 0 bridgehead atoms. The summed E-state index contributed by atoms with van der Waals surface area (Å²) in [5.41, 5.74) is 0. The molecule has 0 aromatic carbocycles. The molecule has 0 amide bonds. The third-order valence-corrected chi connectivity index (χ3v) is 7.72. The van der Waals surface area contributed by atoms with Crippen molar-refractivity contribution in [3.63, 3.8) is 0 Å². The second kappa shape index (κ2) is 13.2. The van der Waals surface area contributed by atoms with E-state index in [0.29, 0.717) is 25.0 Å². The van der Waals surface area contributed by atoms with Gasteiger partial charge in [0.05, 0.1) is 25.4 Å². The summed E-state index contributed by atoms with van der Waals surface area (Å²) >= 11 is 12.2. The van der Waals surface area contributed by atoms with Gasteiger partial charge in [0.2, 0.25) is 0 Å². The number of phosphoric acid groups is 1. The Labute approximate surface area is 185 Å². The standard InChI is InChI=1S/C20H37Cl2O6P/c1-15(11-25-13-17-3-7-19(21)8-4-17)27-29(23,24)28-16(2)12-26-14-18-5-9-20(22)10-6-18/h15-20H,3-14H2,1-2H3,(H,23,24). The van der Waals surface area contributed by atoms with E-state index >= 15 is 0 Å². The molecule has 172 valence electrons. The van der Waals surface area contributed by atoms with Crippen molar-refractivity contribution in [1.29, 1.82) is 0 Å². The molecule has 0 aromatic rings. The molecule has 2 aliphatic carbocycles. The van der Waals surface area contributed by atoms with E-state index in [0.717, 1.165) is 51.4 Å². The van der Waals surface area contributed by atoms with Crippen LogP contribution in [0.3, 0.4) is 0 Å². The SMILES string of the molecule is CC(COCC1CCC(Cl)CC1)OP(=O)(O)OC(C)COCC1CCC(Cl)CC1. The van der Waals surface area contributed by atoms with Gasteiger partial charge in [-0.3, -0.25) is 9.05 Å². The van der Waals surface area contributed by atoms with Crippen LogP contribution in [0.1, 0.15) is 65.2 Å². The summed E-state index contributed by atoms with van der Waals surface area (Å²) < 4.78 is 33.9. The Bertz CT molecular complexity index is 455. The topological polar surface area (TPSA) is 74.2 Å². The van der Waals surface area contributed by atoms with Gasteiger partial charge < -0.3 is 14.4 Å². The number of halogens is 2. The molecule has 2 saturated carbocycles. The zero-order valence-electron chi connectivity index (χ0n) is 17.6. The zero-order valence-corrected chi connectivity index (χ0v) is 20.0. The van der Waals surface area contributed by atoms with E-state index in [4.69, 9.17) is 41.7 Å². The lowest BCUT2D eigenvalue weighted by Crippen LogP contribution is -2.24. The summed E-state index contributed by atoms with van der Waals surface area (Å²) in [6, 6.07) is 0. The Hall–Kier alpha value is 0.610. The van der Waals surface area contributed by atoms with Gasteiger partial charge in [0.1, 0.15) is 0 Å². The van der Waals surface area contributed by atoms with Crippen LogP contribution in [0.25, 0.3) is 0 Å². The minimum atomic E-state index is -4.16. The maximum Gasteiger partial charge on any atom is 0.472 e. The highest BCUT2D eigenvalue weighted by Gasteiger charge is 2.28. The van der Waals surface area contributed by atoms with Gasteiger partial charge in [-0.25, -0.2) is 4.57 Å². The Kier molecular flexibility index (Phi) is 11.8. The zero-order chi connectivity index (χ0) is 21.3. The Morgan fingerprint density at radius 3 is 1.48 bits per heavy atom. The molecule has 0 spiro atoms. The van der Waals surface area contributed by atoms with Gasteiger partial charge in [-0.05, 0) is 77.0 Å². The van der Waals surface area contributed by atoms with E-state index in [1.54, 1.807) is 13.8 Å². The summed E-state index contributed by atoms with van der Waals surface area (Å²) in [6.45, 7) is 5.17. The van der Waals surface area contributed by atoms with E-state index in [1.807, 2.05) is 0 Å². The number of hydrogen-bond donors (Lipinski definition) is 1. The Morgan fingerprint density at radius 2 is 1.14 bits per heavy atom. The first kappa shape index (κ1) is 25.9. The third-order valence-electron chi connectivity index (χ3n) is 5.59. The average molecular weight is 475 g/mol. The van der Waals surface area contributed by atoms with Crippen molar-refractivity contribution >= 4 is 31.0 Å². The van der Waals surface area contributed by atoms with E-state index in [2.05, 4.69) is 0 Å². The Morgan fingerprint density at radius 1 is 0.793 bits per heavy atom. The molecule has 2 atom stereocenters. The molecular weight excluding hydrogens is 438 g/mol. The van der Waals surface area contributed by atoms with E-state index in [1.165, 1.54) is 0 Å². The number of alkyl halides is 2. The molecular formula is C20H37Cl2O6P. The molecule has 0 aromatic heterocycles. The maximum absolute atomic E-state index is 12.2.